The zero-order valence-corrected chi connectivity index (χ0v) is 14.6. The fourth-order valence-corrected chi connectivity index (χ4v) is 1.02. The van der Waals surface area contributed by atoms with Crippen LogP contribution in [0.25, 0.3) is 0 Å². The van der Waals surface area contributed by atoms with Gasteiger partial charge in [0.1, 0.15) is 0 Å². The van der Waals surface area contributed by atoms with Crippen molar-refractivity contribution in [2.45, 2.75) is 12.8 Å². The van der Waals surface area contributed by atoms with E-state index in [1.807, 2.05) is 54.6 Å². The Kier molecular flexibility index (Phi) is 17.9. The maximum Gasteiger partial charge on any atom is 0 e. The van der Waals surface area contributed by atoms with Crippen molar-refractivity contribution in [2.24, 2.45) is 0 Å². The van der Waals surface area contributed by atoms with Crippen molar-refractivity contribution in [1.29, 1.82) is 0 Å². The van der Waals surface area contributed by atoms with Crippen LogP contribution in [0, 0.1) is 18.2 Å². The van der Waals surface area contributed by atoms with Gasteiger partial charge < -0.3 is 0 Å². The zero-order valence-electron chi connectivity index (χ0n) is 10.2. The first-order chi connectivity index (χ1) is 8.00. The Morgan fingerprint density at radius 1 is 0.722 bits per heavy atom. The van der Waals surface area contributed by atoms with E-state index in [4.69, 9.17) is 0 Å². The van der Waals surface area contributed by atoms with Gasteiger partial charge in [-0.1, -0.05) is 0 Å². The molecule has 0 atom stereocenters. The van der Waals surface area contributed by atoms with E-state index in [-0.39, 0.29) is 38.3 Å². The normalized spacial score (nSPS) is 12.4. The summed E-state index contributed by atoms with van der Waals surface area (Å²) in [5, 5.41) is 0. The third kappa shape index (κ3) is 13.4. The van der Waals surface area contributed by atoms with Crippen LogP contribution in [-0.4, -0.2) is 0 Å². The van der Waals surface area contributed by atoms with E-state index in [1.54, 1.807) is 0 Å². The van der Waals surface area contributed by atoms with Crippen molar-refractivity contribution >= 4 is 12.4 Å². The summed E-state index contributed by atoms with van der Waals surface area (Å²) in [6.45, 7) is 0. The van der Waals surface area contributed by atoms with E-state index in [0.717, 1.165) is 12.8 Å². The predicted molar refractivity (Wildman–Crippen MR) is 75.7 cm³/mol. The molecule has 0 saturated heterocycles. The minimum absolute atomic E-state index is 0. The summed E-state index contributed by atoms with van der Waals surface area (Å²) in [7, 11) is 0. The molecule has 1 aromatic carbocycles. The Balaban J connectivity index is 0. The smallest absolute Gasteiger partial charge is 0 e. The van der Waals surface area contributed by atoms with Crippen molar-refractivity contribution in [2.75, 3.05) is 0 Å². The molecule has 18 heavy (non-hydrogen) atoms. The van der Waals surface area contributed by atoms with Crippen LogP contribution in [0.2, 0.25) is 0 Å². The van der Waals surface area contributed by atoms with Gasteiger partial charge in [0.05, 0.1) is 0 Å². The van der Waals surface area contributed by atoms with Crippen molar-refractivity contribution in [3.63, 3.8) is 0 Å². The molecule has 0 heterocycles. The van der Waals surface area contributed by atoms with Gasteiger partial charge in [-0.3, -0.25) is 12.2 Å². The van der Waals surface area contributed by atoms with Gasteiger partial charge >= 0.3 is 0 Å². The largest absolute Gasteiger partial charge is 0.273 e. The first-order valence-electron chi connectivity index (χ1n) is 5.34. The SMILES string of the molecule is Cl.[C-]1=CC=CC1.[C-]1=CC=CC1.[Hf].[c-]1ccccc1. The van der Waals surface area contributed by atoms with Crippen LogP contribution in [0.15, 0.2) is 66.8 Å². The summed E-state index contributed by atoms with van der Waals surface area (Å²) in [6.07, 6.45) is 20.0. The molecule has 0 spiro atoms. The molecular weight excluding hydrogens is 406 g/mol. The predicted octanol–water partition coefficient (Wildman–Crippen LogP) is 4.52. The molecule has 0 amide bonds. The number of benzene rings is 1. The molecule has 0 fully saturated rings. The molecule has 2 heteroatoms. The molecule has 1 aromatic rings. The van der Waals surface area contributed by atoms with Crippen LogP contribution in [0.1, 0.15) is 12.8 Å². The van der Waals surface area contributed by atoms with E-state index >= 15 is 0 Å². The average molecular weight is 422 g/mol. The van der Waals surface area contributed by atoms with Crippen LogP contribution in [-0.2, 0) is 25.8 Å². The number of hydrogen-bond donors (Lipinski definition) is 0. The van der Waals surface area contributed by atoms with Crippen molar-refractivity contribution in [1.82, 2.24) is 0 Å². The van der Waals surface area contributed by atoms with Crippen LogP contribution < -0.4 is 0 Å². The molecular formula is C16H16ClHf-3. The molecule has 0 unspecified atom stereocenters. The summed E-state index contributed by atoms with van der Waals surface area (Å²) in [5.41, 5.74) is 0. The van der Waals surface area contributed by atoms with Gasteiger partial charge in [-0.05, 0) is 0 Å². The molecule has 0 bridgehead atoms. The fourth-order valence-electron chi connectivity index (χ4n) is 1.02. The van der Waals surface area contributed by atoms with Crippen molar-refractivity contribution in [3.8, 4) is 0 Å². The molecule has 0 aliphatic heterocycles. The molecule has 2 aliphatic carbocycles. The quantitative estimate of drug-likeness (QED) is 0.426. The molecule has 0 saturated carbocycles. The van der Waals surface area contributed by atoms with Gasteiger partial charge in [-0.15, -0.1) is 25.2 Å². The van der Waals surface area contributed by atoms with E-state index < -0.39 is 0 Å². The van der Waals surface area contributed by atoms with E-state index in [2.05, 4.69) is 30.4 Å². The monoisotopic (exact) mass is 423 g/mol. The Labute approximate surface area is 135 Å². The second-order valence-electron chi connectivity index (χ2n) is 3.08. The maximum atomic E-state index is 2.99. The summed E-state index contributed by atoms with van der Waals surface area (Å²) in [6, 6.07) is 12.5. The standard InChI is InChI=1S/C6H5.2C5H5.ClH.Hf/c1-2-4-6-5-3-1;2*1-2-4-5-3-1;;/h1-5H;2*1-3H,4H2;1H;/q3*-1;;. The Morgan fingerprint density at radius 3 is 1.33 bits per heavy atom. The fraction of sp³-hybridized carbons (Fsp3) is 0.125. The zero-order chi connectivity index (χ0) is 11.3. The van der Waals surface area contributed by atoms with Crippen molar-refractivity contribution < 1.29 is 25.8 Å². The third-order valence-electron chi connectivity index (χ3n) is 1.78. The van der Waals surface area contributed by atoms with Gasteiger partial charge in [-0.2, -0.15) is 48.6 Å². The number of halogens is 1. The minimum atomic E-state index is 0. The Morgan fingerprint density at radius 2 is 1.22 bits per heavy atom. The molecule has 3 rings (SSSR count). The van der Waals surface area contributed by atoms with Crippen LogP contribution in [0.5, 0.6) is 0 Å². The summed E-state index contributed by atoms with van der Waals surface area (Å²) >= 11 is 0. The van der Waals surface area contributed by atoms with E-state index in [0.29, 0.717) is 0 Å². The Hall–Kier alpha value is -0.660. The molecule has 94 valence electrons. The maximum absolute atomic E-state index is 2.99. The molecule has 0 aromatic heterocycles. The van der Waals surface area contributed by atoms with Gasteiger partial charge in [0.2, 0.25) is 0 Å². The van der Waals surface area contributed by atoms with E-state index in [1.165, 1.54) is 0 Å². The first-order valence-corrected chi connectivity index (χ1v) is 5.34. The van der Waals surface area contributed by atoms with Crippen LogP contribution >= 0.6 is 12.4 Å². The molecule has 0 nitrogen and oxygen atoms in total. The van der Waals surface area contributed by atoms with Gasteiger partial charge in [-0.25, -0.2) is 24.3 Å². The Bertz CT molecular complexity index is 295. The molecule has 0 N–H and O–H groups in total. The number of rotatable bonds is 0. The third-order valence-corrected chi connectivity index (χ3v) is 1.78. The second kappa shape index (κ2) is 16.3. The van der Waals surface area contributed by atoms with Gasteiger partial charge in [0.25, 0.3) is 0 Å². The van der Waals surface area contributed by atoms with E-state index in [9.17, 15) is 0 Å². The summed E-state index contributed by atoms with van der Waals surface area (Å²) in [5.74, 6) is 0. The van der Waals surface area contributed by atoms with Crippen LogP contribution in [0.3, 0.4) is 0 Å². The summed E-state index contributed by atoms with van der Waals surface area (Å²) in [4.78, 5) is 0. The van der Waals surface area contributed by atoms with Gasteiger partial charge in [0, 0.05) is 25.8 Å². The number of allylic oxidation sites excluding steroid dienone is 8. The first kappa shape index (κ1) is 19.7. The second-order valence-corrected chi connectivity index (χ2v) is 3.08. The van der Waals surface area contributed by atoms with Crippen molar-refractivity contribution in [3.05, 3.63) is 85.0 Å². The molecule has 2 aliphatic rings. The molecule has 0 radical (unpaired) electrons. The topological polar surface area (TPSA) is 0 Å². The minimum Gasteiger partial charge on any atom is -0.273 e. The van der Waals surface area contributed by atoms with Crippen LogP contribution in [0.4, 0.5) is 0 Å². The number of hydrogen-bond acceptors (Lipinski definition) is 0. The van der Waals surface area contributed by atoms with Gasteiger partial charge in [0.15, 0.2) is 0 Å². The average Bonchev–Trinajstić information content (AvgIpc) is 3.10. The summed E-state index contributed by atoms with van der Waals surface area (Å²) < 4.78 is 0.